The molecule has 1 amide bonds. The van der Waals surface area contributed by atoms with Crippen LogP contribution in [0.5, 0.6) is 0 Å². The van der Waals surface area contributed by atoms with Crippen LogP contribution in [0.4, 0.5) is 11.5 Å². The Morgan fingerprint density at radius 1 is 1.27 bits per heavy atom. The highest BCUT2D eigenvalue weighted by Gasteiger charge is 2.29. The van der Waals surface area contributed by atoms with Crippen molar-refractivity contribution in [2.75, 3.05) is 63.7 Å². The molecule has 3 aliphatic rings. The number of carbonyl (C=O) groups excluding carboxylic acids is 1. The van der Waals surface area contributed by atoms with Gasteiger partial charge < -0.3 is 30.3 Å². The van der Waals surface area contributed by atoms with Crippen LogP contribution in [0, 0.1) is 0 Å². The highest BCUT2D eigenvalue weighted by atomic mass is 32.1. The molecule has 1 unspecified atom stereocenters. The van der Waals surface area contributed by atoms with Gasteiger partial charge in [0.05, 0.1) is 25.0 Å². The van der Waals surface area contributed by atoms with E-state index in [1.165, 1.54) is 22.5 Å². The van der Waals surface area contributed by atoms with Crippen LogP contribution < -0.4 is 16.0 Å². The first kappa shape index (κ1) is 20.0. The lowest BCUT2D eigenvalue weighted by Gasteiger charge is -2.33. The summed E-state index contributed by atoms with van der Waals surface area (Å²) in [5, 5.41) is 3.99. The van der Waals surface area contributed by atoms with E-state index in [-0.39, 0.29) is 12.0 Å². The number of carbonyl (C=O) groups is 1. The zero-order valence-electron chi connectivity index (χ0n) is 17.4. The van der Waals surface area contributed by atoms with Crippen molar-refractivity contribution < 1.29 is 14.3 Å². The minimum absolute atomic E-state index is 0.110. The molecule has 5 rings (SSSR count). The molecule has 0 bridgehead atoms. The molecule has 0 radical (unpaired) electrons. The van der Waals surface area contributed by atoms with E-state index in [2.05, 4.69) is 22.2 Å². The summed E-state index contributed by atoms with van der Waals surface area (Å²) in [4.78, 5) is 24.0. The van der Waals surface area contributed by atoms with Crippen LogP contribution in [0.2, 0.25) is 0 Å². The Morgan fingerprint density at radius 2 is 2.10 bits per heavy atom. The van der Waals surface area contributed by atoms with Gasteiger partial charge >= 0.3 is 0 Å². The largest absolute Gasteiger partial charge is 0.397 e. The molecule has 30 heavy (non-hydrogen) atoms. The minimum Gasteiger partial charge on any atom is -0.397 e. The summed E-state index contributed by atoms with van der Waals surface area (Å²) in [5.74, 6) is 0.903. The van der Waals surface area contributed by atoms with Crippen molar-refractivity contribution in [3.8, 4) is 0 Å². The average molecular weight is 432 g/mol. The van der Waals surface area contributed by atoms with E-state index in [0.717, 1.165) is 68.1 Å². The van der Waals surface area contributed by atoms with E-state index >= 15 is 0 Å². The number of morpholine rings is 1. The van der Waals surface area contributed by atoms with Crippen LogP contribution in [0.1, 0.15) is 33.6 Å². The van der Waals surface area contributed by atoms with Gasteiger partial charge in [0.25, 0.3) is 5.91 Å². The van der Waals surface area contributed by atoms with Gasteiger partial charge in [-0.25, -0.2) is 4.98 Å². The number of thiophene rings is 1. The van der Waals surface area contributed by atoms with Gasteiger partial charge in [-0.1, -0.05) is 0 Å². The Labute approximate surface area is 180 Å². The second kappa shape index (κ2) is 8.30. The van der Waals surface area contributed by atoms with E-state index in [9.17, 15) is 4.79 Å². The minimum atomic E-state index is -0.124. The molecule has 1 atom stereocenters. The molecular weight excluding hydrogens is 402 g/mol. The van der Waals surface area contributed by atoms with Gasteiger partial charge in [0.2, 0.25) is 0 Å². The number of pyridine rings is 1. The Hall–Kier alpha value is -1.94. The number of amides is 1. The summed E-state index contributed by atoms with van der Waals surface area (Å²) >= 11 is 1.41. The fraction of sp³-hybridized carbons (Fsp3) is 0.619. The lowest BCUT2D eigenvalue weighted by molar-refractivity contribution is 0.0862. The second-order valence-electron chi connectivity index (χ2n) is 8.35. The summed E-state index contributed by atoms with van der Waals surface area (Å²) in [6.07, 6.45) is 3.08. The summed E-state index contributed by atoms with van der Waals surface area (Å²) in [6.45, 7) is 6.24. The number of anilines is 2. The van der Waals surface area contributed by atoms with Gasteiger partial charge in [-0.15, -0.1) is 11.3 Å². The molecule has 9 heteroatoms. The first-order valence-electron chi connectivity index (χ1n) is 10.8. The SMILES string of the molecule is CN1CCc2c(c(N3CCOCC3)nc3sc(C(=O)NCC4CCCO4)c(N)c23)C1. The number of nitrogens with one attached hydrogen (secondary N) is 1. The van der Waals surface area contributed by atoms with Gasteiger partial charge in [0.15, 0.2) is 0 Å². The number of aromatic nitrogens is 1. The molecular formula is C21H29N5O3S. The van der Waals surface area contributed by atoms with Gasteiger partial charge in [0, 0.05) is 50.3 Å². The van der Waals surface area contributed by atoms with Crippen molar-refractivity contribution >= 4 is 39.0 Å². The number of fused-ring (bicyclic) bond motifs is 3. The van der Waals surface area contributed by atoms with Crippen molar-refractivity contribution in [1.29, 1.82) is 0 Å². The van der Waals surface area contributed by atoms with E-state index in [1.807, 2.05) is 0 Å². The predicted molar refractivity (Wildman–Crippen MR) is 118 cm³/mol. The fourth-order valence-electron chi connectivity index (χ4n) is 4.64. The Balaban J connectivity index is 1.52. The van der Waals surface area contributed by atoms with Crippen molar-refractivity contribution in [1.82, 2.24) is 15.2 Å². The number of nitrogens with two attached hydrogens (primary N) is 1. The van der Waals surface area contributed by atoms with Gasteiger partial charge in [0.1, 0.15) is 15.5 Å². The first-order chi connectivity index (χ1) is 14.6. The monoisotopic (exact) mass is 431 g/mol. The number of rotatable bonds is 4. The number of ether oxygens (including phenoxy) is 2. The normalized spacial score (nSPS) is 22.4. The van der Waals surface area contributed by atoms with E-state index < -0.39 is 0 Å². The van der Waals surface area contributed by atoms with Crippen LogP contribution in [0.15, 0.2) is 0 Å². The molecule has 0 aliphatic carbocycles. The predicted octanol–water partition coefficient (Wildman–Crippen LogP) is 1.61. The third-order valence-electron chi connectivity index (χ3n) is 6.27. The molecule has 5 heterocycles. The zero-order chi connectivity index (χ0) is 20.7. The quantitative estimate of drug-likeness (QED) is 0.760. The third kappa shape index (κ3) is 3.64. The molecule has 0 aromatic carbocycles. The maximum absolute atomic E-state index is 12.9. The van der Waals surface area contributed by atoms with Gasteiger partial charge in [-0.3, -0.25) is 4.79 Å². The number of hydrogen-bond donors (Lipinski definition) is 2. The average Bonchev–Trinajstić information content (AvgIpc) is 3.40. The smallest absolute Gasteiger partial charge is 0.263 e. The number of nitrogens with zero attached hydrogens (tertiary/aromatic N) is 3. The molecule has 0 spiro atoms. The van der Waals surface area contributed by atoms with Gasteiger partial charge in [-0.2, -0.15) is 0 Å². The van der Waals surface area contributed by atoms with Crippen molar-refractivity contribution in [2.24, 2.45) is 0 Å². The molecule has 3 N–H and O–H groups in total. The highest BCUT2D eigenvalue weighted by Crippen LogP contribution is 2.41. The Kier molecular flexibility index (Phi) is 5.53. The summed E-state index contributed by atoms with van der Waals surface area (Å²) in [6, 6.07) is 0. The molecule has 2 aromatic heterocycles. The molecule has 2 saturated heterocycles. The molecule has 2 aromatic rings. The summed E-state index contributed by atoms with van der Waals surface area (Å²) < 4.78 is 11.2. The third-order valence-corrected chi connectivity index (χ3v) is 7.37. The lowest BCUT2D eigenvalue weighted by atomic mass is 9.96. The summed E-state index contributed by atoms with van der Waals surface area (Å²) in [5.41, 5.74) is 9.61. The lowest BCUT2D eigenvalue weighted by Crippen LogP contribution is -2.39. The van der Waals surface area contributed by atoms with Crippen molar-refractivity contribution in [2.45, 2.75) is 31.9 Å². The zero-order valence-corrected chi connectivity index (χ0v) is 18.2. The molecule has 2 fully saturated rings. The topological polar surface area (TPSA) is 93.0 Å². The van der Waals surface area contributed by atoms with Crippen molar-refractivity contribution in [3.63, 3.8) is 0 Å². The van der Waals surface area contributed by atoms with Gasteiger partial charge in [-0.05, 0) is 31.9 Å². The number of likely N-dealkylation sites (N-methyl/N-ethyl adjacent to an activating group) is 1. The van der Waals surface area contributed by atoms with Crippen LogP contribution in [0.3, 0.4) is 0 Å². The number of hydrogen-bond acceptors (Lipinski definition) is 8. The number of nitrogen functional groups attached to an aromatic ring is 1. The fourth-order valence-corrected chi connectivity index (χ4v) is 5.68. The summed E-state index contributed by atoms with van der Waals surface area (Å²) in [7, 11) is 2.14. The second-order valence-corrected chi connectivity index (χ2v) is 9.35. The maximum Gasteiger partial charge on any atom is 0.263 e. The van der Waals surface area contributed by atoms with E-state index in [0.29, 0.717) is 30.3 Å². The molecule has 8 nitrogen and oxygen atoms in total. The van der Waals surface area contributed by atoms with E-state index in [1.54, 1.807) is 0 Å². The molecule has 162 valence electrons. The van der Waals surface area contributed by atoms with Crippen molar-refractivity contribution in [3.05, 3.63) is 16.0 Å². The maximum atomic E-state index is 12.9. The standard InChI is InChI=1S/C21H29N5O3S/c1-25-5-4-14-15(12-25)19(26-6-9-28-10-7-26)24-21-16(14)17(22)18(30-21)20(27)23-11-13-3-2-8-29-13/h13H,2-12,22H2,1H3,(H,23,27). The first-order valence-corrected chi connectivity index (χ1v) is 11.6. The van der Waals surface area contributed by atoms with Crippen LogP contribution >= 0.6 is 11.3 Å². The Bertz CT molecular complexity index is 950. The molecule has 0 saturated carbocycles. The highest BCUT2D eigenvalue weighted by molar-refractivity contribution is 7.21. The Morgan fingerprint density at radius 3 is 2.87 bits per heavy atom. The van der Waals surface area contributed by atoms with Crippen LogP contribution in [-0.4, -0.2) is 74.9 Å². The van der Waals surface area contributed by atoms with Crippen LogP contribution in [0.25, 0.3) is 10.2 Å². The molecule has 3 aliphatic heterocycles. The van der Waals surface area contributed by atoms with Crippen LogP contribution in [-0.2, 0) is 22.4 Å². The van der Waals surface area contributed by atoms with E-state index in [4.69, 9.17) is 20.2 Å².